The molecule has 14 heteroatoms. The lowest BCUT2D eigenvalue weighted by Crippen LogP contribution is -2.57. The van der Waals surface area contributed by atoms with Gasteiger partial charge in [0.05, 0.1) is 19.3 Å². The SMILES string of the molecule is NN1CCCC1C(=O)N1CCCC1COC(Cc1ccccc1)C(=O)NC(CO)C(=O)N1CCCC1C(=O)NC(Cc1ccccc1)C(=O)O. The first-order valence-corrected chi connectivity index (χ1v) is 17.4. The van der Waals surface area contributed by atoms with E-state index >= 15 is 0 Å². The first-order valence-electron chi connectivity index (χ1n) is 17.4. The summed E-state index contributed by atoms with van der Waals surface area (Å²) in [5.74, 6) is 2.94. The number of hydrogen-bond acceptors (Lipinski definition) is 9. The van der Waals surface area contributed by atoms with Gasteiger partial charge in [-0.05, 0) is 49.7 Å². The molecule has 6 N–H and O–H groups in total. The monoisotopic (exact) mass is 692 g/mol. The Bertz CT molecular complexity index is 1480. The molecule has 0 aromatic heterocycles. The normalized spacial score (nSPS) is 22.6. The summed E-state index contributed by atoms with van der Waals surface area (Å²) in [7, 11) is 0. The number of carbonyl (C=O) groups excluding carboxylic acids is 4. The molecule has 3 fully saturated rings. The molecule has 50 heavy (non-hydrogen) atoms. The molecule has 3 heterocycles. The molecule has 6 atom stereocenters. The number of rotatable bonds is 15. The minimum Gasteiger partial charge on any atom is -0.480 e. The highest BCUT2D eigenvalue weighted by atomic mass is 16.5. The van der Waals surface area contributed by atoms with Crippen molar-refractivity contribution < 1.29 is 38.9 Å². The minimum atomic E-state index is -1.36. The van der Waals surface area contributed by atoms with E-state index in [0.29, 0.717) is 38.8 Å². The molecule has 6 unspecified atom stereocenters. The summed E-state index contributed by atoms with van der Waals surface area (Å²) in [6, 6.07) is 14.0. The van der Waals surface area contributed by atoms with E-state index < -0.39 is 54.5 Å². The second-order valence-electron chi connectivity index (χ2n) is 13.3. The van der Waals surface area contributed by atoms with Crippen LogP contribution in [0.2, 0.25) is 0 Å². The number of carboxylic acids is 1. The van der Waals surface area contributed by atoms with Gasteiger partial charge in [0.15, 0.2) is 0 Å². The van der Waals surface area contributed by atoms with Gasteiger partial charge in [-0.15, -0.1) is 0 Å². The predicted octanol–water partition coefficient (Wildman–Crippen LogP) is 0.224. The van der Waals surface area contributed by atoms with Crippen molar-refractivity contribution >= 4 is 29.6 Å². The molecule has 14 nitrogen and oxygen atoms in total. The van der Waals surface area contributed by atoms with Crippen LogP contribution in [-0.2, 0) is 41.6 Å². The number of likely N-dealkylation sites (tertiary alicyclic amines) is 2. The third-order valence-corrected chi connectivity index (χ3v) is 9.82. The van der Waals surface area contributed by atoms with Crippen LogP contribution < -0.4 is 16.5 Å². The van der Waals surface area contributed by atoms with Gasteiger partial charge in [-0.1, -0.05) is 60.7 Å². The number of benzene rings is 2. The van der Waals surface area contributed by atoms with Crippen LogP contribution in [0.3, 0.4) is 0 Å². The van der Waals surface area contributed by atoms with E-state index in [-0.39, 0.29) is 44.0 Å². The maximum Gasteiger partial charge on any atom is 0.326 e. The number of hydrazine groups is 1. The van der Waals surface area contributed by atoms with Crippen molar-refractivity contribution in [2.45, 2.75) is 87.7 Å². The van der Waals surface area contributed by atoms with Gasteiger partial charge in [-0.25, -0.2) is 9.80 Å². The zero-order valence-corrected chi connectivity index (χ0v) is 28.2. The van der Waals surface area contributed by atoms with Crippen LogP contribution in [0.4, 0.5) is 0 Å². The molecule has 0 spiro atoms. The van der Waals surface area contributed by atoms with Crippen LogP contribution in [0.1, 0.15) is 49.7 Å². The fourth-order valence-corrected chi connectivity index (χ4v) is 7.10. The van der Waals surface area contributed by atoms with E-state index in [0.717, 1.165) is 24.0 Å². The molecule has 3 aliphatic rings. The van der Waals surface area contributed by atoms with E-state index in [2.05, 4.69) is 10.6 Å². The Labute approximate surface area is 291 Å². The van der Waals surface area contributed by atoms with Crippen molar-refractivity contribution in [2.24, 2.45) is 5.84 Å². The van der Waals surface area contributed by atoms with E-state index in [9.17, 15) is 34.2 Å². The number of carbonyl (C=O) groups is 5. The van der Waals surface area contributed by atoms with Crippen molar-refractivity contribution in [3.05, 3.63) is 71.8 Å². The molecule has 0 aliphatic carbocycles. The Hall–Kier alpha value is -4.37. The van der Waals surface area contributed by atoms with Crippen LogP contribution in [0, 0.1) is 0 Å². The van der Waals surface area contributed by atoms with Crippen LogP contribution in [0.25, 0.3) is 0 Å². The summed E-state index contributed by atoms with van der Waals surface area (Å²) in [6.45, 7) is 0.832. The van der Waals surface area contributed by atoms with Gasteiger partial charge in [0.2, 0.25) is 23.6 Å². The van der Waals surface area contributed by atoms with E-state index in [1.54, 1.807) is 34.2 Å². The maximum absolute atomic E-state index is 13.8. The Morgan fingerprint density at radius 3 is 2.00 bits per heavy atom. The summed E-state index contributed by atoms with van der Waals surface area (Å²) < 4.78 is 6.21. The molecule has 4 amide bonds. The summed E-state index contributed by atoms with van der Waals surface area (Å²) >= 11 is 0. The topological polar surface area (TPSA) is 195 Å². The van der Waals surface area contributed by atoms with E-state index in [1.165, 1.54) is 4.90 Å². The van der Waals surface area contributed by atoms with Gasteiger partial charge in [0.1, 0.15) is 30.3 Å². The highest BCUT2D eigenvalue weighted by Gasteiger charge is 2.40. The molecule has 0 bridgehead atoms. The molecule has 0 saturated carbocycles. The second-order valence-corrected chi connectivity index (χ2v) is 13.3. The molecule has 270 valence electrons. The number of carboxylic acid groups (broad SMARTS) is 1. The molecular formula is C36H48N6O8. The van der Waals surface area contributed by atoms with Crippen LogP contribution in [-0.4, -0.2) is 124 Å². The van der Waals surface area contributed by atoms with Crippen molar-refractivity contribution in [1.82, 2.24) is 25.4 Å². The van der Waals surface area contributed by atoms with Gasteiger partial charge < -0.3 is 35.4 Å². The number of nitrogens with one attached hydrogen (secondary N) is 2. The van der Waals surface area contributed by atoms with Gasteiger partial charge in [-0.2, -0.15) is 0 Å². The van der Waals surface area contributed by atoms with Crippen LogP contribution in [0.15, 0.2) is 60.7 Å². The fraction of sp³-hybridized carbons (Fsp3) is 0.528. The number of ether oxygens (including phenoxy) is 1. The van der Waals surface area contributed by atoms with Crippen molar-refractivity contribution in [3.8, 4) is 0 Å². The highest BCUT2D eigenvalue weighted by molar-refractivity contribution is 5.94. The Balaban J connectivity index is 1.23. The highest BCUT2D eigenvalue weighted by Crippen LogP contribution is 2.24. The Kier molecular flexibility index (Phi) is 12.9. The first kappa shape index (κ1) is 36.9. The maximum atomic E-state index is 13.8. The number of nitrogens with two attached hydrogens (primary N) is 1. The minimum absolute atomic E-state index is 0.0370. The number of amides is 4. The smallest absolute Gasteiger partial charge is 0.326 e. The third-order valence-electron chi connectivity index (χ3n) is 9.82. The molecule has 5 rings (SSSR count). The average Bonchev–Trinajstić information content (AvgIpc) is 3.90. The van der Waals surface area contributed by atoms with Gasteiger partial charge in [0, 0.05) is 32.5 Å². The van der Waals surface area contributed by atoms with Gasteiger partial charge >= 0.3 is 5.97 Å². The van der Waals surface area contributed by atoms with Crippen molar-refractivity contribution in [2.75, 3.05) is 32.8 Å². The Morgan fingerprint density at radius 1 is 0.780 bits per heavy atom. The number of hydrogen-bond donors (Lipinski definition) is 5. The lowest BCUT2D eigenvalue weighted by molar-refractivity contribution is -0.147. The summed E-state index contributed by atoms with van der Waals surface area (Å²) in [5.41, 5.74) is 1.56. The number of aliphatic hydroxyl groups excluding tert-OH is 1. The van der Waals surface area contributed by atoms with Gasteiger partial charge in [-0.3, -0.25) is 25.0 Å². The molecule has 3 saturated heterocycles. The average molecular weight is 693 g/mol. The molecule has 2 aromatic carbocycles. The zero-order valence-electron chi connectivity index (χ0n) is 28.2. The lowest BCUT2D eigenvalue weighted by atomic mass is 10.1. The summed E-state index contributed by atoms with van der Waals surface area (Å²) in [6.07, 6.45) is 3.08. The summed E-state index contributed by atoms with van der Waals surface area (Å²) in [4.78, 5) is 69.2. The van der Waals surface area contributed by atoms with Crippen LogP contribution in [0.5, 0.6) is 0 Å². The fourth-order valence-electron chi connectivity index (χ4n) is 7.10. The standard InChI is InChI=1S/C36H48N6O8/c37-42-19-9-16-30(42)35(47)40-17-7-14-26(40)23-50-31(21-25-12-5-2-6-13-25)33(45)39-28(22-43)34(46)41-18-8-15-29(41)32(44)38-27(36(48)49)20-24-10-3-1-4-11-24/h1-6,10-13,26-31,43H,7-9,14-23,37H2,(H,38,44)(H,39,45)(H,48,49). The van der Waals surface area contributed by atoms with Crippen LogP contribution >= 0.6 is 0 Å². The Morgan fingerprint density at radius 2 is 1.38 bits per heavy atom. The first-order chi connectivity index (χ1) is 24.2. The largest absolute Gasteiger partial charge is 0.480 e. The predicted molar refractivity (Wildman–Crippen MR) is 182 cm³/mol. The number of aliphatic carboxylic acids is 1. The van der Waals surface area contributed by atoms with Crippen molar-refractivity contribution in [1.29, 1.82) is 0 Å². The molecule has 0 radical (unpaired) electrons. The summed E-state index contributed by atoms with van der Waals surface area (Å²) in [5, 5.41) is 26.8. The molecular weight excluding hydrogens is 644 g/mol. The zero-order chi connectivity index (χ0) is 35.6. The second kappa shape index (κ2) is 17.5. The lowest BCUT2D eigenvalue weighted by Gasteiger charge is -2.31. The van der Waals surface area contributed by atoms with E-state index in [1.807, 2.05) is 36.4 Å². The molecule has 2 aromatic rings. The number of aliphatic hydroxyl groups is 1. The quantitative estimate of drug-likeness (QED) is 0.161. The molecule has 3 aliphatic heterocycles. The van der Waals surface area contributed by atoms with Gasteiger partial charge in [0.25, 0.3) is 0 Å². The third kappa shape index (κ3) is 9.24. The van der Waals surface area contributed by atoms with Crippen molar-refractivity contribution in [3.63, 3.8) is 0 Å². The number of nitrogens with zero attached hydrogens (tertiary/aromatic N) is 3. The van der Waals surface area contributed by atoms with E-state index in [4.69, 9.17) is 10.6 Å².